The third kappa shape index (κ3) is 2.51. The SMILES string of the molecule is C[C@]12CC[C@H]3[C@@H](CCC4CCCC[C@@]43CO)C1=CC[C@@H]2C(=O)COC=O. The number of carbonyl (C=O) groups excluding carboxylic acids is 2. The lowest BCUT2D eigenvalue weighted by atomic mass is 9.45. The van der Waals surface area contributed by atoms with E-state index in [2.05, 4.69) is 13.0 Å². The minimum atomic E-state index is -0.0956. The Morgan fingerprint density at radius 1 is 1.27 bits per heavy atom. The number of carbonyl (C=O) groups is 2. The van der Waals surface area contributed by atoms with Crippen LogP contribution in [0.3, 0.4) is 0 Å². The number of ether oxygens (including phenoxy) is 1. The lowest BCUT2D eigenvalue weighted by molar-refractivity contribution is -0.141. The molecule has 4 heteroatoms. The maximum atomic E-state index is 12.6. The van der Waals surface area contributed by atoms with Crippen LogP contribution >= 0.6 is 0 Å². The number of hydrogen-bond donors (Lipinski definition) is 1. The summed E-state index contributed by atoms with van der Waals surface area (Å²) in [5.74, 6) is 1.80. The highest BCUT2D eigenvalue weighted by Gasteiger charge is 2.59. The van der Waals surface area contributed by atoms with Crippen molar-refractivity contribution in [2.75, 3.05) is 13.2 Å². The van der Waals surface area contributed by atoms with E-state index in [9.17, 15) is 14.7 Å². The summed E-state index contributed by atoms with van der Waals surface area (Å²) < 4.78 is 4.76. The molecule has 0 radical (unpaired) electrons. The fourth-order valence-electron chi connectivity index (χ4n) is 7.42. The second-order valence-electron chi connectivity index (χ2n) is 9.40. The fraction of sp³-hybridized carbons (Fsp3) is 0.818. The molecule has 144 valence electrons. The molecule has 4 nitrogen and oxygen atoms in total. The summed E-state index contributed by atoms with van der Waals surface area (Å²) in [7, 11) is 0. The quantitative estimate of drug-likeness (QED) is 0.600. The molecule has 4 rings (SSSR count). The molecule has 4 aliphatic rings. The van der Waals surface area contributed by atoms with E-state index in [1.165, 1.54) is 44.1 Å². The summed E-state index contributed by atoms with van der Waals surface area (Å²) in [4.78, 5) is 23.1. The molecule has 6 atom stereocenters. The van der Waals surface area contributed by atoms with Crippen LogP contribution in [0.4, 0.5) is 0 Å². The molecular weight excluding hydrogens is 328 g/mol. The Hall–Kier alpha value is -1.16. The van der Waals surface area contributed by atoms with Crippen molar-refractivity contribution in [1.29, 1.82) is 0 Å². The second-order valence-corrected chi connectivity index (χ2v) is 9.40. The Bertz CT molecular complexity index is 611. The molecule has 4 aliphatic carbocycles. The lowest BCUT2D eigenvalue weighted by Crippen LogP contribution is -2.54. The predicted octanol–water partition coefficient (Wildman–Crippen LogP) is 3.67. The molecule has 0 aromatic rings. The second kappa shape index (κ2) is 6.78. The van der Waals surface area contributed by atoms with Gasteiger partial charge >= 0.3 is 0 Å². The van der Waals surface area contributed by atoms with Crippen molar-refractivity contribution in [3.63, 3.8) is 0 Å². The van der Waals surface area contributed by atoms with Gasteiger partial charge in [0.15, 0.2) is 5.78 Å². The molecular formula is C22H32O4. The summed E-state index contributed by atoms with van der Waals surface area (Å²) in [5, 5.41) is 10.4. The zero-order valence-electron chi connectivity index (χ0n) is 15.9. The minimum Gasteiger partial charge on any atom is -0.460 e. The minimum absolute atomic E-state index is 0.0486. The third-order valence-electron chi connectivity index (χ3n) is 8.66. The van der Waals surface area contributed by atoms with E-state index in [0.29, 0.717) is 30.8 Å². The first kappa shape index (κ1) is 18.2. The molecule has 0 heterocycles. The van der Waals surface area contributed by atoms with Crippen LogP contribution in [0.2, 0.25) is 0 Å². The molecule has 0 aromatic carbocycles. The highest BCUT2D eigenvalue weighted by atomic mass is 16.5. The van der Waals surface area contributed by atoms with Crippen LogP contribution in [0.5, 0.6) is 0 Å². The Labute approximate surface area is 156 Å². The van der Waals surface area contributed by atoms with E-state index in [-0.39, 0.29) is 29.1 Å². The highest BCUT2D eigenvalue weighted by molar-refractivity contribution is 5.85. The molecule has 3 saturated carbocycles. The van der Waals surface area contributed by atoms with Gasteiger partial charge in [-0.3, -0.25) is 9.59 Å². The zero-order valence-corrected chi connectivity index (χ0v) is 15.9. The molecule has 0 amide bonds. The average molecular weight is 360 g/mol. The molecule has 1 N–H and O–H groups in total. The van der Waals surface area contributed by atoms with Gasteiger partial charge in [0, 0.05) is 12.5 Å². The number of ketones is 1. The van der Waals surface area contributed by atoms with E-state index in [0.717, 1.165) is 19.3 Å². The summed E-state index contributed by atoms with van der Waals surface area (Å²) in [6, 6.07) is 0. The number of aliphatic hydroxyl groups is 1. The van der Waals surface area contributed by atoms with Gasteiger partial charge in [0.1, 0.15) is 6.61 Å². The van der Waals surface area contributed by atoms with Crippen LogP contribution in [0.25, 0.3) is 0 Å². The fourth-order valence-corrected chi connectivity index (χ4v) is 7.42. The van der Waals surface area contributed by atoms with Gasteiger partial charge in [0.25, 0.3) is 6.47 Å². The van der Waals surface area contributed by atoms with E-state index >= 15 is 0 Å². The standard InChI is InChI=1S/C22H32O4/c1-21-11-9-18-16(6-5-15-4-2-3-10-22(15,18)13-23)17(21)7-8-19(21)20(25)12-26-14-24/h7,14-16,18-19,23H,2-6,8-13H2,1H3/t15?,16-,18-,19+,21-,22+/m0/s1. The van der Waals surface area contributed by atoms with Gasteiger partial charge < -0.3 is 9.84 Å². The van der Waals surface area contributed by atoms with Gasteiger partial charge in [-0.1, -0.05) is 31.4 Å². The Balaban J connectivity index is 1.59. The van der Waals surface area contributed by atoms with E-state index in [1.54, 1.807) is 0 Å². The summed E-state index contributed by atoms with van der Waals surface area (Å²) in [5.41, 5.74) is 1.52. The predicted molar refractivity (Wildman–Crippen MR) is 98.2 cm³/mol. The lowest BCUT2D eigenvalue weighted by Gasteiger charge is -2.59. The van der Waals surface area contributed by atoms with Crippen molar-refractivity contribution in [2.45, 2.75) is 64.7 Å². The van der Waals surface area contributed by atoms with Crippen molar-refractivity contribution in [2.24, 2.45) is 34.5 Å². The third-order valence-corrected chi connectivity index (χ3v) is 8.66. The van der Waals surface area contributed by atoms with Crippen LogP contribution < -0.4 is 0 Å². The van der Waals surface area contributed by atoms with Gasteiger partial charge in [-0.2, -0.15) is 0 Å². The highest BCUT2D eigenvalue weighted by Crippen LogP contribution is 2.65. The van der Waals surface area contributed by atoms with Crippen LogP contribution in [-0.4, -0.2) is 30.6 Å². The van der Waals surface area contributed by atoms with Gasteiger partial charge in [-0.15, -0.1) is 0 Å². The summed E-state index contributed by atoms with van der Waals surface area (Å²) in [6.07, 6.45) is 12.7. The molecule has 0 saturated heterocycles. The maximum absolute atomic E-state index is 12.6. The average Bonchev–Trinajstić information content (AvgIpc) is 3.03. The number of hydrogen-bond acceptors (Lipinski definition) is 4. The molecule has 0 aliphatic heterocycles. The largest absolute Gasteiger partial charge is 0.460 e. The van der Waals surface area contributed by atoms with E-state index in [4.69, 9.17) is 4.74 Å². The molecule has 3 fully saturated rings. The number of rotatable bonds is 5. The van der Waals surface area contributed by atoms with Crippen LogP contribution in [0.1, 0.15) is 64.7 Å². The molecule has 26 heavy (non-hydrogen) atoms. The molecule has 0 bridgehead atoms. The van der Waals surface area contributed by atoms with Crippen LogP contribution in [0, 0.1) is 34.5 Å². The summed E-state index contributed by atoms with van der Waals surface area (Å²) in [6.45, 7) is 2.86. The molecule has 0 aromatic heterocycles. The summed E-state index contributed by atoms with van der Waals surface area (Å²) >= 11 is 0. The van der Waals surface area contributed by atoms with Crippen molar-refractivity contribution < 1.29 is 19.4 Å². The first-order valence-corrected chi connectivity index (χ1v) is 10.5. The number of Topliss-reactive ketones (excluding diaryl/α,β-unsaturated/α-hetero) is 1. The van der Waals surface area contributed by atoms with Crippen molar-refractivity contribution in [1.82, 2.24) is 0 Å². The smallest absolute Gasteiger partial charge is 0.293 e. The Morgan fingerprint density at radius 2 is 2.12 bits per heavy atom. The number of aliphatic hydroxyl groups excluding tert-OH is 1. The van der Waals surface area contributed by atoms with Crippen LogP contribution in [0.15, 0.2) is 11.6 Å². The number of allylic oxidation sites excluding steroid dienone is 2. The van der Waals surface area contributed by atoms with Gasteiger partial charge in [-0.25, -0.2) is 0 Å². The first-order valence-electron chi connectivity index (χ1n) is 10.5. The van der Waals surface area contributed by atoms with E-state index < -0.39 is 0 Å². The Morgan fingerprint density at radius 3 is 2.88 bits per heavy atom. The number of fused-ring (bicyclic) bond motifs is 5. The monoisotopic (exact) mass is 360 g/mol. The van der Waals surface area contributed by atoms with Crippen molar-refractivity contribution in [3.8, 4) is 0 Å². The first-order chi connectivity index (χ1) is 12.6. The van der Waals surface area contributed by atoms with Crippen molar-refractivity contribution in [3.05, 3.63) is 11.6 Å². The molecule has 0 spiro atoms. The zero-order chi connectivity index (χ0) is 18.4. The van der Waals surface area contributed by atoms with Gasteiger partial charge in [-0.05, 0) is 73.5 Å². The normalized spacial score (nSPS) is 44.3. The van der Waals surface area contributed by atoms with E-state index in [1.807, 2.05) is 0 Å². The van der Waals surface area contributed by atoms with Gasteiger partial charge in [0.05, 0.1) is 0 Å². The van der Waals surface area contributed by atoms with Crippen LogP contribution in [-0.2, 0) is 14.3 Å². The maximum Gasteiger partial charge on any atom is 0.293 e. The molecule has 1 unspecified atom stereocenters. The topological polar surface area (TPSA) is 63.6 Å². The van der Waals surface area contributed by atoms with Gasteiger partial charge in [0.2, 0.25) is 0 Å². The Kier molecular flexibility index (Phi) is 4.75. The van der Waals surface area contributed by atoms with Crippen molar-refractivity contribution >= 4 is 12.3 Å².